The molecule has 7 N–H and O–H groups in total. The second-order valence-corrected chi connectivity index (χ2v) is 14.3. The molecule has 59 heavy (non-hydrogen) atoms. The monoisotopic (exact) mass is 832 g/mol. The highest BCUT2D eigenvalue weighted by molar-refractivity contribution is 7.99. The number of hydrogen-bond acceptors (Lipinski definition) is 14. The molecule has 0 radical (unpaired) electrons. The zero-order valence-corrected chi connectivity index (χ0v) is 32.7. The molecule has 3 aliphatic rings. The lowest BCUT2D eigenvalue weighted by atomic mass is 9.91. The highest BCUT2D eigenvalue weighted by Gasteiger charge is 2.53. The summed E-state index contributed by atoms with van der Waals surface area (Å²) in [7, 11) is 0. The number of nitrogens with zero attached hydrogens (tertiary/aromatic N) is 1. The van der Waals surface area contributed by atoms with Crippen LogP contribution in [0.4, 0.5) is 5.69 Å². The predicted octanol–water partition coefficient (Wildman–Crippen LogP) is 0.830. The van der Waals surface area contributed by atoms with Gasteiger partial charge in [0.05, 0.1) is 12.4 Å². The minimum atomic E-state index is -1.30. The fraction of sp³-hybridized carbons (Fsp3) is 0.308. The minimum absolute atomic E-state index is 0.0454. The lowest BCUT2D eigenvalue weighted by Gasteiger charge is -2.24. The second kappa shape index (κ2) is 19.1. The Morgan fingerprint density at radius 3 is 2.37 bits per heavy atom. The maximum Gasteiger partial charge on any atom is 0.338 e. The van der Waals surface area contributed by atoms with Crippen LogP contribution in [0.3, 0.4) is 0 Å². The Kier molecular flexibility index (Phi) is 14.0. The fourth-order valence-electron chi connectivity index (χ4n) is 5.84. The number of ether oxygens (including phenoxy) is 2. The molecular weight excluding hydrogens is 793 g/mol. The molecule has 0 aromatic heterocycles. The van der Waals surface area contributed by atoms with E-state index in [1.165, 1.54) is 44.2 Å². The van der Waals surface area contributed by atoms with Crippen molar-refractivity contribution < 1.29 is 57.4 Å². The largest absolute Gasteiger partial charge is 0.508 e. The summed E-state index contributed by atoms with van der Waals surface area (Å²) in [4.78, 5) is 111. The summed E-state index contributed by atoms with van der Waals surface area (Å²) >= 11 is 1.14. The summed E-state index contributed by atoms with van der Waals surface area (Å²) in [6.07, 6.45) is -1.93. The molecule has 19 nitrogen and oxygen atoms in total. The molecule has 6 amide bonds. The highest BCUT2D eigenvalue weighted by atomic mass is 32.2. The van der Waals surface area contributed by atoms with Gasteiger partial charge in [0.25, 0.3) is 11.8 Å². The molecule has 1 saturated heterocycles. The molecule has 2 heterocycles. The number of amides is 6. The Morgan fingerprint density at radius 1 is 0.932 bits per heavy atom. The SMILES string of the molecule is CCOC(=O)C1OC1C(=O)N(CC(N)=O)NC(=O)C(C)NC(=O)C(C)NC(=O)CCSCC(=O)Nc1ccc(-c2c3ccc(=O)cc-3oc3cc(O)ccc23)c(C=O)c1. The Morgan fingerprint density at radius 2 is 1.66 bits per heavy atom. The van der Waals surface area contributed by atoms with E-state index in [0.29, 0.717) is 44.6 Å². The smallest absolute Gasteiger partial charge is 0.338 e. The van der Waals surface area contributed by atoms with Crippen LogP contribution in [0.25, 0.3) is 33.4 Å². The molecule has 310 valence electrons. The Hall–Kier alpha value is -6.80. The van der Waals surface area contributed by atoms with Crippen molar-refractivity contribution in [2.45, 2.75) is 51.5 Å². The van der Waals surface area contributed by atoms with Crippen LogP contribution in [0.5, 0.6) is 5.75 Å². The van der Waals surface area contributed by atoms with Gasteiger partial charge >= 0.3 is 5.97 Å². The summed E-state index contributed by atoms with van der Waals surface area (Å²) in [5.74, 6) is -4.91. The lowest BCUT2D eigenvalue weighted by Crippen LogP contribution is -2.57. The average Bonchev–Trinajstić information content (AvgIpc) is 3.99. The molecule has 2 aromatic rings. The van der Waals surface area contributed by atoms with E-state index in [-0.39, 0.29) is 47.0 Å². The lowest BCUT2D eigenvalue weighted by molar-refractivity contribution is -0.146. The van der Waals surface area contributed by atoms with Crippen molar-refractivity contribution in [1.29, 1.82) is 0 Å². The number of esters is 1. The molecule has 0 saturated carbocycles. The number of carbonyl (C=O) groups is 8. The van der Waals surface area contributed by atoms with Gasteiger partial charge in [0.2, 0.25) is 23.6 Å². The van der Waals surface area contributed by atoms with Crippen molar-refractivity contribution in [3.63, 3.8) is 0 Å². The number of hydrogen-bond donors (Lipinski definition) is 6. The molecule has 0 spiro atoms. The van der Waals surface area contributed by atoms with Gasteiger partial charge in [-0.25, -0.2) is 9.80 Å². The summed E-state index contributed by atoms with van der Waals surface area (Å²) in [5, 5.41) is 18.8. The van der Waals surface area contributed by atoms with Crippen LogP contribution in [-0.2, 0) is 43.0 Å². The van der Waals surface area contributed by atoms with Gasteiger partial charge in [-0.15, -0.1) is 0 Å². The molecule has 4 atom stereocenters. The van der Waals surface area contributed by atoms with Crippen molar-refractivity contribution in [2.24, 2.45) is 5.73 Å². The molecule has 2 aliphatic heterocycles. The number of phenolic OH excluding ortho intramolecular Hbond substituents is 1. The first-order valence-electron chi connectivity index (χ1n) is 18.1. The number of rotatable bonds is 17. The number of aromatic hydroxyl groups is 1. The number of aldehydes is 1. The number of nitrogens with one attached hydrogen (secondary N) is 4. The topological polar surface area (TPSA) is 286 Å². The number of thioether (sulfide) groups is 1. The first-order chi connectivity index (χ1) is 28.1. The van der Waals surface area contributed by atoms with Gasteiger partial charge < -0.3 is 40.7 Å². The van der Waals surface area contributed by atoms with E-state index in [0.717, 1.165) is 11.8 Å². The Labute approximate surface area is 339 Å². The van der Waals surface area contributed by atoms with Gasteiger partial charge in [-0.1, -0.05) is 6.07 Å². The predicted molar refractivity (Wildman–Crippen MR) is 212 cm³/mol. The number of primary amides is 1. The average molecular weight is 833 g/mol. The molecule has 0 bridgehead atoms. The van der Waals surface area contributed by atoms with Crippen LogP contribution < -0.4 is 32.5 Å². The normalized spacial score (nSPS) is 15.3. The summed E-state index contributed by atoms with van der Waals surface area (Å²) in [5.41, 5.74) is 9.61. The standard InChI is InChI=1S/C39H40N6O13S/c1-4-56-39(55)35-34(58-35)38(54)45(16-30(40)49)44-37(53)20(3)42-36(52)19(2)41-31(50)11-12-59-18-32(51)43-22-5-8-25(21(13-22)17-46)33-26-9-6-23(47)14-28(26)57-29-15-24(48)7-10-27(29)33/h5-10,13-15,17,19-20,34-35,47H,4,11-12,16,18H2,1-3H3,(H2,40,49)(H,41,50)(H,42,52)(H,43,51)(H,44,53). The molecular formula is C39H40N6O13S. The van der Waals surface area contributed by atoms with Gasteiger partial charge in [-0.2, -0.15) is 11.8 Å². The first kappa shape index (κ1) is 43.3. The van der Waals surface area contributed by atoms with Gasteiger partial charge in [0.1, 0.15) is 35.7 Å². The number of benzene rings is 3. The van der Waals surface area contributed by atoms with Crippen LogP contribution in [0.2, 0.25) is 0 Å². The Bertz CT molecular complexity index is 2350. The van der Waals surface area contributed by atoms with Crippen LogP contribution in [-0.4, -0.2) is 107 Å². The number of nitrogens with two attached hydrogens (primary N) is 1. The quantitative estimate of drug-likeness (QED) is 0.0215. The molecule has 1 aliphatic carbocycles. The minimum Gasteiger partial charge on any atom is -0.508 e. The van der Waals surface area contributed by atoms with Crippen LogP contribution >= 0.6 is 11.8 Å². The van der Waals surface area contributed by atoms with Crippen molar-refractivity contribution in [3.05, 3.63) is 70.4 Å². The number of hydrazine groups is 1. The maximum absolute atomic E-state index is 12.8. The zero-order valence-electron chi connectivity index (χ0n) is 31.9. The van der Waals surface area contributed by atoms with E-state index in [4.69, 9.17) is 19.6 Å². The van der Waals surface area contributed by atoms with Gasteiger partial charge in [-0.3, -0.25) is 43.8 Å². The van der Waals surface area contributed by atoms with E-state index in [2.05, 4.69) is 21.4 Å². The highest BCUT2D eigenvalue weighted by Crippen LogP contribution is 2.42. The molecule has 2 aromatic carbocycles. The van der Waals surface area contributed by atoms with E-state index < -0.39 is 72.2 Å². The number of phenols is 1. The maximum atomic E-state index is 12.8. The number of carbonyl (C=O) groups excluding carboxylic acids is 8. The third kappa shape index (κ3) is 11.0. The van der Waals surface area contributed by atoms with Crippen molar-refractivity contribution >= 4 is 76.1 Å². The summed E-state index contributed by atoms with van der Waals surface area (Å²) < 4.78 is 15.7. The summed E-state index contributed by atoms with van der Waals surface area (Å²) in [6.45, 7) is 3.54. The number of fused-ring (bicyclic) bond motifs is 2. The van der Waals surface area contributed by atoms with Crippen molar-refractivity contribution in [3.8, 4) is 28.2 Å². The van der Waals surface area contributed by atoms with Crippen molar-refractivity contribution in [1.82, 2.24) is 21.1 Å². The van der Waals surface area contributed by atoms with Gasteiger partial charge in [-0.05, 0) is 62.7 Å². The van der Waals surface area contributed by atoms with E-state index in [1.54, 1.807) is 31.2 Å². The molecule has 1 fully saturated rings. The van der Waals surface area contributed by atoms with Crippen LogP contribution in [0.15, 0.2) is 63.8 Å². The molecule has 4 unspecified atom stereocenters. The van der Waals surface area contributed by atoms with E-state index in [9.17, 15) is 48.3 Å². The third-order valence-electron chi connectivity index (χ3n) is 8.72. The Balaban J connectivity index is 1.08. The fourth-order valence-corrected chi connectivity index (χ4v) is 6.57. The zero-order chi connectivity index (χ0) is 43.0. The second-order valence-electron chi connectivity index (χ2n) is 13.2. The molecule has 20 heteroatoms. The van der Waals surface area contributed by atoms with Gasteiger partial charge in [0.15, 0.2) is 23.9 Å². The number of anilines is 1. The molecule has 5 rings (SSSR count). The van der Waals surface area contributed by atoms with E-state index in [1.807, 2.05) is 0 Å². The number of epoxide rings is 1. The van der Waals surface area contributed by atoms with Gasteiger partial charge in [0, 0.05) is 52.1 Å². The van der Waals surface area contributed by atoms with Crippen LogP contribution in [0.1, 0.15) is 37.6 Å². The van der Waals surface area contributed by atoms with E-state index >= 15 is 0 Å². The van der Waals surface area contributed by atoms with Crippen molar-refractivity contribution in [2.75, 3.05) is 30.0 Å². The third-order valence-corrected chi connectivity index (χ3v) is 9.68. The summed E-state index contributed by atoms with van der Waals surface area (Å²) in [6, 6.07) is 11.2. The first-order valence-corrected chi connectivity index (χ1v) is 19.2. The van der Waals surface area contributed by atoms with Crippen LogP contribution in [0, 0.1) is 0 Å².